The highest BCUT2D eigenvalue weighted by atomic mass is 16.5. The van der Waals surface area contributed by atoms with E-state index >= 15 is 0 Å². The third-order valence-corrected chi connectivity index (χ3v) is 3.14. The number of amides is 2. The Morgan fingerprint density at radius 3 is 2.92 bits per heavy atom. The number of benzene rings is 1. The Balaban J connectivity index is 1.58. The zero-order valence-corrected chi connectivity index (χ0v) is 12.9. The molecule has 0 aliphatic rings. The first kappa shape index (κ1) is 15.5. The Labute approximate surface area is 137 Å². The fourth-order valence-corrected chi connectivity index (χ4v) is 2.01. The Hall–Kier alpha value is -3.42. The largest absolute Gasteiger partial charge is 0.495 e. The Bertz CT molecular complexity index is 819. The third kappa shape index (κ3) is 3.67. The van der Waals surface area contributed by atoms with Gasteiger partial charge in [0.25, 0.3) is 0 Å². The maximum absolute atomic E-state index is 12.0. The van der Waals surface area contributed by atoms with E-state index in [4.69, 9.17) is 9.26 Å². The molecule has 0 aliphatic carbocycles. The van der Waals surface area contributed by atoms with Gasteiger partial charge in [0, 0.05) is 18.0 Å². The average Bonchev–Trinajstić information content (AvgIpc) is 3.10. The molecular formula is C16H15N5O3. The molecule has 0 unspecified atom stereocenters. The van der Waals surface area contributed by atoms with Crippen molar-refractivity contribution in [3.63, 3.8) is 0 Å². The van der Waals surface area contributed by atoms with Crippen molar-refractivity contribution in [3.05, 3.63) is 54.7 Å². The number of anilines is 1. The van der Waals surface area contributed by atoms with E-state index in [9.17, 15) is 4.79 Å². The van der Waals surface area contributed by atoms with Crippen LogP contribution in [0.15, 0.2) is 53.3 Å². The van der Waals surface area contributed by atoms with E-state index < -0.39 is 6.03 Å². The smallest absolute Gasteiger partial charge is 0.319 e. The van der Waals surface area contributed by atoms with E-state index in [1.165, 1.54) is 7.11 Å². The molecule has 3 aromatic rings. The molecular weight excluding hydrogens is 310 g/mol. The third-order valence-electron chi connectivity index (χ3n) is 3.14. The number of ether oxygens (including phenoxy) is 1. The molecule has 2 aromatic heterocycles. The molecule has 24 heavy (non-hydrogen) atoms. The van der Waals surface area contributed by atoms with E-state index in [-0.39, 0.29) is 6.54 Å². The number of pyridine rings is 1. The van der Waals surface area contributed by atoms with Crippen LogP contribution in [-0.2, 0) is 6.54 Å². The second kappa shape index (κ2) is 7.23. The van der Waals surface area contributed by atoms with Gasteiger partial charge < -0.3 is 19.9 Å². The number of hydrogen-bond donors (Lipinski definition) is 2. The lowest BCUT2D eigenvalue weighted by molar-refractivity contribution is 0.249. The molecule has 1 aromatic carbocycles. The number of methoxy groups -OCH3 is 1. The van der Waals surface area contributed by atoms with Crippen molar-refractivity contribution >= 4 is 11.7 Å². The van der Waals surface area contributed by atoms with Gasteiger partial charge in [0.2, 0.25) is 11.7 Å². The number of aromatic nitrogens is 3. The number of para-hydroxylation sites is 2. The highest BCUT2D eigenvalue weighted by molar-refractivity contribution is 5.90. The maximum Gasteiger partial charge on any atom is 0.319 e. The van der Waals surface area contributed by atoms with Crippen LogP contribution < -0.4 is 15.4 Å². The second-order valence-corrected chi connectivity index (χ2v) is 4.76. The molecule has 0 radical (unpaired) electrons. The Kier molecular flexibility index (Phi) is 4.66. The SMILES string of the molecule is COc1ccccc1NC(=O)NCc1nc(-c2cccnc2)no1. The lowest BCUT2D eigenvalue weighted by Crippen LogP contribution is -2.28. The molecule has 122 valence electrons. The van der Waals surface area contributed by atoms with Gasteiger partial charge >= 0.3 is 6.03 Å². The van der Waals surface area contributed by atoms with Gasteiger partial charge in [-0.2, -0.15) is 4.98 Å². The van der Waals surface area contributed by atoms with Crippen LogP contribution in [0.3, 0.4) is 0 Å². The number of carbonyl (C=O) groups excluding carboxylic acids is 1. The highest BCUT2D eigenvalue weighted by Gasteiger charge is 2.11. The van der Waals surface area contributed by atoms with Gasteiger partial charge in [0.15, 0.2) is 0 Å². The Morgan fingerprint density at radius 2 is 2.12 bits per heavy atom. The van der Waals surface area contributed by atoms with Crippen LogP contribution in [0.2, 0.25) is 0 Å². The first-order valence-corrected chi connectivity index (χ1v) is 7.17. The molecule has 8 nitrogen and oxygen atoms in total. The topological polar surface area (TPSA) is 102 Å². The molecule has 0 atom stereocenters. The fraction of sp³-hybridized carbons (Fsp3) is 0.125. The number of rotatable bonds is 5. The summed E-state index contributed by atoms with van der Waals surface area (Å²) in [5, 5.41) is 9.20. The normalized spacial score (nSPS) is 10.2. The summed E-state index contributed by atoms with van der Waals surface area (Å²) in [6, 6.07) is 10.3. The minimum atomic E-state index is -0.402. The molecule has 0 saturated heterocycles. The molecule has 2 N–H and O–H groups in total. The molecule has 0 aliphatic heterocycles. The van der Waals surface area contributed by atoms with Gasteiger partial charge in [-0.25, -0.2) is 4.79 Å². The van der Waals surface area contributed by atoms with Crippen LogP contribution in [0.5, 0.6) is 5.75 Å². The lowest BCUT2D eigenvalue weighted by Gasteiger charge is -2.09. The highest BCUT2D eigenvalue weighted by Crippen LogP contribution is 2.22. The van der Waals surface area contributed by atoms with E-state index in [0.717, 1.165) is 5.56 Å². The van der Waals surface area contributed by atoms with E-state index in [1.807, 2.05) is 12.1 Å². The van der Waals surface area contributed by atoms with Crippen LogP contribution in [-0.4, -0.2) is 28.3 Å². The van der Waals surface area contributed by atoms with Crippen LogP contribution >= 0.6 is 0 Å². The quantitative estimate of drug-likeness (QED) is 0.747. The summed E-state index contributed by atoms with van der Waals surface area (Å²) in [4.78, 5) is 20.2. The predicted molar refractivity (Wildman–Crippen MR) is 86.4 cm³/mol. The number of urea groups is 1. The molecule has 0 bridgehead atoms. The van der Waals surface area contributed by atoms with Crippen molar-refractivity contribution in [2.75, 3.05) is 12.4 Å². The van der Waals surface area contributed by atoms with Crippen LogP contribution in [0, 0.1) is 0 Å². The van der Waals surface area contributed by atoms with Gasteiger partial charge in [-0.3, -0.25) is 4.98 Å². The summed E-state index contributed by atoms with van der Waals surface area (Å²) >= 11 is 0. The van der Waals surface area contributed by atoms with Crippen molar-refractivity contribution in [2.24, 2.45) is 0 Å². The summed E-state index contributed by atoms with van der Waals surface area (Å²) < 4.78 is 10.3. The van der Waals surface area contributed by atoms with Gasteiger partial charge in [-0.05, 0) is 24.3 Å². The zero-order chi connectivity index (χ0) is 16.8. The molecule has 0 spiro atoms. The zero-order valence-electron chi connectivity index (χ0n) is 12.9. The van der Waals surface area contributed by atoms with Crippen molar-refractivity contribution in [1.82, 2.24) is 20.4 Å². The monoisotopic (exact) mass is 325 g/mol. The summed E-state index contributed by atoms with van der Waals surface area (Å²) in [6.45, 7) is 0.105. The van der Waals surface area contributed by atoms with Crippen molar-refractivity contribution < 1.29 is 14.1 Å². The summed E-state index contributed by atoms with van der Waals surface area (Å²) in [5.41, 5.74) is 1.31. The predicted octanol–water partition coefficient (Wildman–Crippen LogP) is 2.46. The van der Waals surface area contributed by atoms with Crippen LogP contribution in [0.1, 0.15) is 5.89 Å². The number of carbonyl (C=O) groups is 1. The molecule has 8 heteroatoms. The van der Waals surface area contributed by atoms with E-state index in [2.05, 4.69) is 25.8 Å². The van der Waals surface area contributed by atoms with Crippen molar-refractivity contribution in [1.29, 1.82) is 0 Å². The lowest BCUT2D eigenvalue weighted by atomic mass is 10.3. The van der Waals surface area contributed by atoms with Gasteiger partial charge in [0.1, 0.15) is 5.75 Å². The van der Waals surface area contributed by atoms with Crippen molar-refractivity contribution in [2.45, 2.75) is 6.54 Å². The number of nitrogens with zero attached hydrogens (tertiary/aromatic N) is 3. The molecule has 3 rings (SSSR count). The summed E-state index contributed by atoms with van der Waals surface area (Å²) in [6.07, 6.45) is 3.30. The van der Waals surface area contributed by atoms with Gasteiger partial charge in [-0.1, -0.05) is 17.3 Å². The standard InChI is InChI=1S/C16H15N5O3/c1-23-13-7-3-2-6-12(13)19-16(22)18-10-14-20-15(21-24-14)11-5-4-8-17-9-11/h2-9H,10H2,1H3,(H2,18,19,22). The van der Waals surface area contributed by atoms with Gasteiger partial charge in [0.05, 0.1) is 19.3 Å². The summed E-state index contributed by atoms with van der Waals surface area (Å²) in [5.74, 6) is 1.29. The van der Waals surface area contributed by atoms with Gasteiger partial charge in [-0.15, -0.1) is 0 Å². The number of nitrogens with one attached hydrogen (secondary N) is 2. The molecule has 2 heterocycles. The minimum absolute atomic E-state index is 0.105. The number of hydrogen-bond acceptors (Lipinski definition) is 6. The first-order valence-electron chi connectivity index (χ1n) is 7.17. The first-order chi connectivity index (χ1) is 11.8. The average molecular weight is 325 g/mol. The minimum Gasteiger partial charge on any atom is -0.495 e. The fourth-order valence-electron chi connectivity index (χ4n) is 2.01. The summed E-state index contributed by atoms with van der Waals surface area (Å²) in [7, 11) is 1.54. The maximum atomic E-state index is 12.0. The molecule has 0 saturated carbocycles. The van der Waals surface area contributed by atoms with Crippen LogP contribution in [0.25, 0.3) is 11.4 Å². The van der Waals surface area contributed by atoms with Crippen LogP contribution in [0.4, 0.5) is 10.5 Å². The second-order valence-electron chi connectivity index (χ2n) is 4.76. The van der Waals surface area contributed by atoms with E-state index in [0.29, 0.717) is 23.2 Å². The van der Waals surface area contributed by atoms with E-state index in [1.54, 1.807) is 36.7 Å². The Morgan fingerprint density at radius 1 is 1.25 bits per heavy atom. The molecule has 2 amide bonds. The van der Waals surface area contributed by atoms with Crippen molar-refractivity contribution in [3.8, 4) is 17.1 Å². The molecule has 0 fully saturated rings.